The molecule has 0 radical (unpaired) electrons. The van der Waals surface area contributed by atoms with Crippen molar-refractivity contribution in [3.63, 3.8) is 0 Å². The molecule has 148 valence electrons. The molecule has 0 aliphatic carbocycles. The Morgan fingerprint density at radius 2 is 2.00 bits per heavy atom. The molecule has 28 heavy (non-hydrogen) atoms. The van der Waals surface area contributed by atoms with Crippen molar-refractivity contribution in [2.45, 2.75) is 31.7 Å². The third-order valence-corrected chi connectivity index (χ3v) is 5.62. The molecule has 0 bridgehead atoms. The third-order valence-electron chi connectivity index (χ3n) is 5.62. The van der Waals surface area contributed by atoms with Gasteiger partial charge >= 0.3 is 6.16 Å². The molecule has 2 N–H and O–H groups in total. The minimum absolute atomic E-state index is 0.113. The molecule has 6 heteroatoms. The zero-order chi connectivity index (χ0) is 19.7. The van der Waals surface area contributed by atoms with Crippen LogP contribution >= 0.6 is 0 Å². The first-order valence-corrected chi connectivity index (χ1v) is 9.67. The molecule has 1 unspecified atom stereocenters. The van der Waals surface area contributed by atoms with Gasteiger partial charge in [0.05, 0.1) is 19.3 Å². The van der Waals surface area contributed by atoms with Gasteiger partial charge in [-0.3, -0.25) is 0 Å². The molecule has 2 aromatic rings. The fraction of sp³-hybridized carbons (Fsp3) is 0.409. The highest BCUT2D eigenvalue weighted by Crippen LogP contribution is 2.45. The highest BCUT2D eigenvalue weighted by molar-refractivity contribution is 5.65. The number of benzene rings is 2. The van der Waals surface area contributed by atoms with E-state index < -0.39 is 6.16 Å². The number of morpholine rings is 1. The lowest BCUT2D eigenvalue weighted by Gasteiger charge is -2.39. The molecule has 1 saturated heterocycles. The number of carbonyl (C=O) groups is 1. The van der Waals surface area contributed by atoms with Crippen molar-refractivity contribution in [1.29, 1.82) is 0 Å². The average Bonchev–Trinajstić information content (AvgIpc) is 2.68. The summed E-state index contributed by atoms with van der Waals surface area (Å²) in [6.07, 6.45) is -0.386. The van der Waals surface area contributed by atoms with Crippen molar-refractivity contribution < 1.29 is 19.4 Å². The van der Waals surface area contributed by atoms with Crippen molar-refractivity contribution in [2.75, 3.05) is 36.5 Å². The van der Waals surface area contributed by atoms with Gasteiger partial charge in [-0.05, 0) is 53.3 Å². The molecule has 6 nitrogen and oxygen atoms in total. The third kappa shape index (κ3) is 3.78. The summed E-state index contributed by atoms with van der Waals surface area (Å²) in [6, 6.07) is 14.3. The van der Waals surface area contributed by atoms with Gasteiger partial charge in [-0.1, -0.05) is 26.0 Å². The first kappa shape index (κ1) is 18.6. The van der Waals surface area contributed by atoms with E-state index in [1.165, 1.54) is 11.3 Å². The molecule has 0 saturated carbocycles. The Labute approximate surface area is 165 Å². The summed E-state index contributed by atoms with van der Waals surface area (Å²) >= 11 is 0. The number of ether oxygens (including phenoxy) is 2. The van der Waals surface area contributed by atoms with Gasteiger partial charge in [0.25, 0.3) is 0 Å². The Morgan fingerprint density at radius 1 is 1.21 bits per heavy atom. The lowest BCUT2D eigenvalue weighted by molar-refractivity contribution is 0.122. The standard InChI is InChI=1S/C22H26N2O4/c1-22(2)14-20(23-19-7-6-17(13-18(19)22)28-21(25)26)15-4-3-5-16(12-15)24-8-10-27-11-9-24/h3-7,12-13,20,23H,8-11,14H2,1-2H3,(H,25,26). The van der Waals surface area contributed by atoms with E-state index in [1.807, 2.05) is 12.1 Å². The SMILES string of the molecule is CC1(C)CC(c2cccc(N3CCOCC3)c2)Nc2ccc(OC(=O)O)cc21. The fourth-order valence-electron chi connectivity index (χ4n) is 4.19. The second-order valence-corrected chi connectivity index (χ2v) is 8.05. The van der Waals surface area contributed by atoms with Gasteiger partial charge in [0.1, 0.15) is 5.75 Å². The van der Waals surface area contributed by atoms with Gasteiger partial charge in [-0.2, -0.15) is 0 Å². The first-order chi connectivity index (χ1) is 13.4. The maximum Gasteiger partial charge on any atom is 0.511 e. The van der Waals surface area contributed by atoms with E-state index in [1.54, 1.807) is 6.07 Å². The molecule has 1 atom stereocenters. The number of carboxylic acid groups (broad SMARTS) is 1. The van der Waals surface area contributed by atoms with Crippen molar-refractivity contribution in [1.82, 2.24) is 0 Å². The number of rotatable bonds is 3. The lowest BCUT2D eigenvalue weighted by Crippen LogP contribution is -2.36. The van der Waals surface area contributed by atoms with Crippen LogP contribution in [0.2, 0.25) is 0 Å². The predicted octanol–water partition coefficient (Wildman–Crippen LogP) is 4.41. The molecular formula is C22H26N2O4. The Bertz CT molecular complexity index is 875. The zero-order valence-corrected chi connectivity index (χ0v) is 16.3. The van der Waals surface area contributed by atoms with Crippen LogP contribution in [0.25, 0.3) is 0 Å². The van der Waals surface area contributed by atoms with Crippen LogP contribution in [0.1, 0.15) is 37.4 Å². The monoisotopic (exact) mass is 382 g/mol. The first-order valence-electron chi connectivity index (χ1n) is 9.67. The van der Waals surface area contributed by atoms with E-state index in [9.17, 15) is 4.79 Å². The summed E-state index contributed by atoms with van der Waals surface area (Å²) in [5.74, 6) is 0.355. The van der Waals surface area contributed by atoms with Crippen LogP contribution in [0.4, 0.5) is 16.2 Å². The normalized spacial score (nSPS) is 20.8. The fourth-order valence-corrected chi connectivity index (χ4v) is 4.19. The smallest absolute Gasteiger partial charge is 0.449 e. The summed E-state index contributed by atoms with van der Waals surface area (Å²) in [4.78, 5) is 13.2. The van der Waals surface area contributed by atoms with E-state index in [0.717, 1.165) is 44.0 Å². The van der Waals surface area contributed by atoms with Crippen molar-refractivity contribution in [3.8, 4) is 5.75 Å². The minimum Gasteiger partial charge on any atom is -0.449 e. The molecule has 0 amide bonds. The van der Waals surface area contributed by atoms with Crippen LogP contribution in [-0.2, 0) is 10.2 Å². The van der Waals surface area contributed by atoms with Gasteiger partial charge in [0, 0.05) is 24.5 Å². The van der Waals surface area contributed by atoms with E-state index in [4.69, 9.17) is 14.6 Å². The molecule has 0 aromatic heterocycles. The summed E-state index contributed by atoms with van der Waals surface area (Å²) < 4.78 is 10.3. The minimum atomic E-state index is -1.29. The second-order valence-electron chi connectivity index (χ2n) is 8.05. The largest absolute Gasteiger partial charge is 0.511 e. The number of anilines is 2. The second kappa shape index (κ2) is 7.36. The summed E-state index contributed by atoms with van der Waals surface area (Å²) in [7, 11) is 0. The van der Waals surface area contributed by atoms with Crippen LogP contribution in [0.5, 0.6) is 5.75 Å². The summed E-state index contributed by atoms with van der Waals surface area (Å²) in [6.45, 7) is 7.76. The van der Waals surface area contributed by atoms with Gasteiger partial charge < -0.3 is 24.8 Å². The molecule has 2 aromatic carbocycles. The lowest BCUT2D eigenvalue weighted by atomic mass is 9.74. The van der Waals surface area contributed by atoms with Crippen LogP contribution in [0.15, 0.2) is 42.5 Å². The zero-order valence-electron chi connectivity index (χ0n) is 16.3. The number of fused-ring (bicyclic) bond motifs is 1. The van der Waals surface area contributed by atoms with E-state index in [0.29, 0.717) is 5.75 Å². The van der Waals surface area contributed by atoms with Gasteiger partial charge in [0.2, 0.25) is 0 Å². The topological polar surface area (TPSA) is 71.0 Å². The Kier molecular flexibility index (Phi) is 4.89. The Balaban J connectivity index is 1.60. The van der Waals surface area contributed by atoms with Crippen molar-refractivity contribution in [2.24, 2.45) is 0 Å². The molecule has 1 fully saturated rings. The van der Waals surface area contributed by atoms with E-state index in [2.05, 4.69) is 48.3 Å². The number of hydrogen-bond acceptors (Lipinski definition) is 5. The molecule has 4 rings (SSSR count). The quantitative estimate of drug-likeness (QED) is 0.605. The Hall–Kier alpha value is -2.73. The predicted molar refractivity (Wildman–Crippen MR) is 109 cm³/mol. The molecule has 2 heterocycles. The highest BCUT2D eigenvalue weighted by Gasteiger charge is 2.34. The van der Waals surface area contributed by atoms with E-state index in [-0.39, 0.29) is 11.5 Å². The van der Waals surface area contributed by atoms with Crippen molar-refractivity contribution >= 4 is 17.5 Å². The molecule has 2 aliphatic heterocycles. The van der Waals surface area contributed by atoms with Crippen LogP contribution in [0, 0.1) is 0 Å². The molecule has 0 spiro atoms. The Morgan fingerprint density at radius 3 is 2.75 bits per heavy atom. The highest BCUT2D eigenvalue weighted by atomic mass is 16.7. The van der Waals surface area contributed by atoms with Gasteiger partial charge in [-0.15, -0.1) is 0 Å². The van der Waals surface area contributed by atoms with Gasteiger partial charge in [-0.25, -0.2) is 4.79 Å². The van der Waals surface area contributed by atoms with Crippen LogP contribution in [0.3, 0.4) is 0 Å². The summed E-state index contributed by atoms with van der Waals surface area (Å²) in [5, 5.41) is 12.5. The maximum absolute atomic E-state index is 10.8. The average molecular weight is 382 g/mol. The van der Waals surface area contributed by atoms with E-state index >= 15 is 0 Å². The summed E-state index contributed by atoms with van der Waals surface area (Å²) in [5.41, 5.74) is 4.48. The molecule has 2 aliphatic rings. The van der Waals surface area contributed by atoms with Crippen LogP contribution < -0.4 is 15.0 Å². The van der Waals surface area contributed by atoms with Crippen molar-refractivity contribution in [3.05, 3.63) is 53.6 Å². The van der Waals surface area contributed by atoms with Gasteiger partial charge in [0.15, 0.2) is 0 Å². The van der Waals surface area contributed by atoms with Crippen LogP contribution in [-0.4, -0.2) is 37.6 Å². The number of nitrogens with one attached hydrogen (secondary N) is 1. The number of nitrogens with zero attached hydrogens (tertiary/aromatic N) is 1. The molecular weight excluding hydrogens is 356 g/mol. The maximum atomic E-state index is 10.8. The number of hydrogen-bond donors (Lipinski definition) is 2.